The molecule has 1 aliphatic heterocycles. The summed E-state index contributed by atoms with van der Waals surface area (Å²) in [5, 5.41) is 0. The van der Waals surface area contributed by atoms with Crippen LogP contribution in [-0.2, 0) is 12.3 Å². The SMILES string of the molecule is C[C@H](N1Cc2cc(Br)cc(SCc3ccccc3)c2C1=O)C(C)(C)C. The quantitative estimate of drug-likeness (QED) is 0.557. The van der Waals surface area contributed by atoms with E-state index in [0.29, 0.717) is 6.54 Å². The molecular weight excluding hydrogens is 394 g/mol. The molecule has 1 aliphatic rings. The minimum atomic E-state index is 0.0618. The van der Waals surface area contributed by atoms with Crippen LogP contribution in [0.25, 0.3) is 0 Å². The van der Waals surface area contributed by atoms with Crippen molar-refractivity contribution in [2.24, 2.45) is 5.41 Å². The number of carbonyl (C=O) groups excluding carboxylic acids is 1. The lowest BCUT2D eigenvalue weighted by molar-refractivity contribution is 0.0577. The first-order chi connectivity index (χ1) is 11.8. The Labute approximate surface area is 163 Å². The summed E-state index contributed by atoms with van der Waals surface area (Å²) < 4.78 is 1.04. The average Bonchev–Trinajstić information content (AvgIpc) is 2.88. The van der Waals surface area contributed by atoms with Crippen LogP contribution in [0.5, 0.6) is 0 Å². The van der Waals surface area contributed by atoms with E-state index in [-0.39, 0.29) is 17.4 Å². The second kappa shape index (κ2) is 7.16. The van der Waals surface area contributed by atoms with Gasteiger partial charge in [-0.05, 0) is 35.6 Å². The molecule has 0 unspecified atom stereocenters. The molecule has 25 heavy (non-hydrogen) atoms. The number of carbonyl (C=O) groups is 1. The maximum Gasteiger partial charge on any atom is 0.255 e. The van der Waals surface area contributed by atoms with Gasteiger partial charge in [-0.1, -0.05) is 67.0 Å². The molecule has 4 heteroatoms. The van der Waals surface area contributed by atoms with Crippen LogP contribution in [0.15, 0.2) is 51.8 Å². The van der Waals surface area contributed by atoms with Crippen molar-refractivity contribution in [3.63, 3.8) is 0 Å². The molecule has 0 saturated carbocycles. The zero-order valence-corrected chi connectivity index (χ0v) is 17.6. The Hall–Kier alpha value is -1.26. The van der Waals surface area contributed by atoms with Gasteiger partial charge >= 0.3 is 0 Å². The Balaban J connectivity index is 1.88. The van der Waals surface area contributed by atoms with Gasteiger partial charge in [0.15, 0.2) is 0 Å². The molecule has 2 nitrogen and oxygen atoms in total. The first-order valence-corrected chi connectivity index (χ1v) is 10.4. The van der Waals surface area contributed by atoms with Gasteiger partial charge in [0.05, 0.1) is 5.56 Å². The van der Waals surface area contributed by atoms with Crippen molar-refractivity contribution in [1.29, 1.82) is 0 Å². The highest BCUT2D eigenvalue weighted by Gasteiger charge is 2.37. The molecule has 0 aliphatic carbocycles. The van der Waals surface area contributed by atoms with Gasteiger partial charge in [-0.15, -0.1) is 11.8 Å². The molecule has 1 atom stereocenters. The molecule has 1 heterocycles. The molecule has 0 N–H and O–H groups in total. The molecule has 0 bridgehead atoms. The smallest absolute Gasteiger partial charge is 0.255 e. The van der Waals surface area contributed by atoms with E-state index in [9.17, 15) is 4.79 Å². The fourth-order valence-electron chi connectivity index (χ4n) is 3.03. The highest BCUT2D eigenvalue weighted by atomic mass is 79.9. The normalized spacial score (nSPS) is 15.4. The largest absolute Gasteiger partial charge is 0.331 e. The van der Waals surface area contributed by atoms with Gasteiger partial charge in [0.1, 0.15) is 0 Å². The van der Waals surface area contributed by atoms with Crippen molar-refractivity contribution >= 4 is 33.6 Å². The van der Waals surface area contributed by atoms with Gasteiger partial charge in [-0.25, -0.2) is 0 Å². The zero-order chi connectivity index (χ0) is 18.2. The Morgan fingerprint density at radius 1 is 1.20 bits per heavy atom. The Morgan fingerprint density at radius 2 is 1.88 bits per heavy atom. The Morgan fingerprint density at radius 3 is 2.52 bits per heavy atom. The first-order valence-electron chi connectivity index (χ1n) is 8.57. The number of amides is 1. The molecule has 0 spiro atoms. The number of fused-ring (bicyclic) bond motifs is 1. The van der Waals surface area contributed by atoms with E-state index in [1.165, 1.54) is 5.56 Å². The summed E-state index contributed by atoms with van der Waals surface area (Å²) in [5.41, 5.74) is 3.35. The number of nitrogens with zero attached hydrogens (tertiary/aromatic N) is 1. The number of rotatable bonds is 4. The number of thioether (sulfide) groups is 1. The van der Waals surface area contributed by atoms with Gasteiger partial charge in [0, 0.05) is 27.7 Å². The standard InChI is InChI=1S/C21H24BrNOS/c1-14(21(2,3)4)23-12-16-10-17(22)11-18(19(16)20(23)24)25-13-15-8-6-5-7-9-15/h5-11,14H,12-13H2,1-4H3/t14-/m0/s1. The molecule has 3 rings (SSSR count). The molecule has 2 aromatic rings. The van der Waals surface area contributed by atoms with Gasteiger partial charge in [-0.2, -0.15) is 0 Å². The predicted octanol–water partition coefficient (Wildman–Crippen LogP) is 6.13. The van der Waals surface area contributed by atoms with E-state index in [0.717, 1.165) is 26.2 Å². The van der Waals surface area contributed by atoms with Crippen molar-refractivity contribution < 1.29 is 4.79 Å². The number of benzene rings is 2. The molecular formula is C21H24BrNOS. The first kappa shape index (κ1) is 18.5. The third-order valence-corrected chi connectivity index (χ3v) is 6.49. The van der Waals surface area contributed by atoms with Crippen LogP contribution < -0.4 is 0 Å². The van der Waals surface area contributed by atoms with Crippen LogP contribution in [-0.4, -0.2) is 16.8 Å². The van der Waals surface area contributed by atoms with Crippen molar-refractivity contribution in [2.45, 2.75) is 50.9 Å². The van der Waals surface area contributed by atoms with E-state index in [4.69, 9.17) is 0 Å². The maximum atomic E-state index is 13.1. The fraction of sp³-hybridized carbons (Fsp3) is 0.381. The second-order valence-corrected chi connectivity index (χ2v) is 9.62. The highest BCUT2D eigenvalue weighted by molar-refractivity contribution is 9.10. The van der Waals surface area contributed by atoms with Crippen molar-refractivity contribution in [3.8, 4) is 0 Å². The van der Waals surface area contributed by atoms with E-state index in [1.54, 1.807) is 11.8 Å². The highest BCUT2D eigenvalue weighted by Crippen LogP contribution is 2.39. The molecule has 132 valence electrons. The predicted molar refractivity (Wildman–Crippen MR) is 109 cm³/mol. The third-order valence-electron chi connectivity index (χ3n) is 4.92. The lowest BCUT2D eigenvalue weighted by Gasteiger charge is -2.35. The maximum absolute atomic E-state index is 13.1. The molecule has 1 amide bonds. The third kappa shape index (κ3) is 3.95. The Kier molecular flexibility index (Phi) is 5.31. The monoisotopic (exact) mass is 417 g/mol. The Bertz CT molecular complexity index is 782. The lowest BCUT2D eigenvalue weighted by atomic mass is 9.87. The summed E-state index contributed by atoms with van der Waals surface area (Å²) >= 11 is 5.36. The summed E-state index contributed by atoms with van der Waals surface area (Å²) in [5.74, 6) is 1.03. The van der Waals surface area contributed by atoms with Crippen LogP contribution in [0.2, 0.25) is 0 Å². The fourth-order valence-corrected chi connectivity index (χ4v) is 4.78. The molecule has 0 fully saturated rings. The van der Waals surface area contributed by atoms with Gasteiger partial charge in [0.25, 0.3) is 5.91 Å². The van der Waals surface area contributed by atoms with Gasteiger partial charge in [0.2, 0.25) is 0 Å². The van der Waals surface area contributed by atoms with Crippen molar-refractivity contribution in [3.05, 3.63) is 63.6 Å². The second-order valence-electron chi connectivity index (χ2n) is 7.69. The van der Waals surface area contributed by atoms with Crippen LogP contribution in [0, 0.1) is 5.41 Å². The molecule has 0 saturated heterocycles. The van der Waals surface area contributed by atoms with Gasteiger partial charge in [-0.3, -0.25) is 4.79 Å². The van der Waals surface area contributed by atoms with E-state index >= 15 is 0 Å². The summed E-state index contributed by atoms with van der Waals surface area (Å²) in [4.78, 5) is 16.2. The zero-order valence-electron chi connectivity index (χ0n) is 15.2. The van der Waals surface area contributed by atoms with Crippen LogP contribution >= 0.6 is 27.7 Å². The minimum absolute atomic E-state index is 0.0618. The van der Waals surface area contributed by atoms with Crippen LogP contribution in [0.1, 0.15) is 49.2 Å². The molecule has 0 radical (unpaired) electrons. The number of hydrogen-bond donors (Lipinski definition) is 0. The van der Waals surface area contributed by atoms with E-state index < -0.39 is 0 Å². The van der Waals surface area contributed by atoms with Crippen molar-refractivity contribution in [1.82, 2.24) is 4.90 Å². The summed E-state index contributed by atoms with van der Waals surface area (Å²) in [6, 6.07) is 14.8. The van der Waals surface area contributed by atoms with Crippen LogP contribution in [0.4, 0.5) is 0 Å². The average molecular weight is 418 g/mol. The van der Waals surface area contributed by atoms with E-state index in [1.807, 2.05) is 11.0 Å². The summed E-state index contributed by atoms with van der Waals surface area (Å²) in [6.45, 7) is 9.42. The van der Waals surface area contributed by atoms with E-state index in [2.05, 4.69) is 80.0 Å². The number of hydrogen-bond acceptors (Lipinski definition) is 2. The molecule has 0 aromatic heterocycles. The van der Waals surface area contributed by atoms with Gasteiger partial charge < -0.3 is 4.90 Å². The summed E-state index contributed by atoms with van der Waals surface area (Å²) in [7, 11) is 0. The lowest BCUT2D eigenvalue weighted by Crippen LogP contribution is -2.42. The van der Waals surface area contributed by atoms with Crippen LogP contribution in [0.3, 0.4) is 0 Å². The minimum Gasteiger partial charge on any atom is -0.331 e. The summed E-state index contributed by atoms with van der Waals surface area (Å²) in [6.07, 6.45) is 0. The number of halogens is 1. The molecule has 2 aromatic carbocycles. The van der Waals surface area contributed by atoms with Crippen molar-refractivity contribution in [2.75, 3.05) is 0 Å². The topological polar surface area (TPSA) is 20.3 Å².